The van der Waals surface area contributed by atoms with E-state index in [9.17, 15) is 21.6 Å². The van der Waals surface area contributed by atoms with Crippen molar-refractivity contribution >= 4 is 31.6 Å². The molecule has 0 aliphatic carbocycles. The molecule has 0 saturated carbocycles. The maximum Gasteiger partial charge on any atom is 0.244 e. The number of amides is 1. The zero-order valence-electron chi connectivity index (χ0n) is 23.3. The standard InChI is InChI=1S/C30H35N3O5S2/c1-20-17-21(2)23(4)29(22(20)3)40(37,38)33-19-25-10-6-5-9-24(25)18-28(33)30(34)31-26-11-13-27(14-12-26)39(35,36)32-15-7-8-16-32/h5-6,9-14,17,28H,7-8,15-16,18-19H2,1-4H3,(H,31,34)/t28-/m1/s1. The molecule has 1 N–H and O–H groups in total. The average Bonchev–Trinajstić information content (AvgIpc) is 3.48. The minimum Gasteiger partial charge on any atom is -0.325 e. The fourth-order valence-corrected chi connectivity index (χ4v) is 9.34. The largest absolute Gasteiger partial charge is 0.325 e. The number of anilines is 1. The number of rotatable bonds is 6. The Morgan fingerprint density at radius 2 is 1.38 bits per heavy atom. The number of sulfonamides is 2. The molecule has 3 aromatic rings. The summed E-state index contributed by atoms with van der Waals surface area (Å²) in [6.07, 6.45) is 1.92. The predicted molar refractivity (Wildman–Crippen MR) is 155 cm³/mol. The third-order valence-corrected chi connectivity index (χ3v) is 12.2. The molecule has 0 aromatic heterocycles. The average molecular weight is 582 g/mol. The predicted octanol–water partition coefficient (Wildman–Crippen LogP) is 4.46. The molecule has 0 radical (unpaired) electrons. The minimum absolute atomic E-state index is 0.0788. The highest BCUT2D eigenvalue weighted by molar-refractivity contribution is 7.89. The van der Waals surface area contributed by atoms with E-state index >= 15 is 0 Å². The van der Waals surface area contributed by atoms with Crippen LogP contribution in [0.3, 0.4) is 0 Å². The number of hydrogen-bond donors (Lipinski definition) is 1. The summed E-state index contributed by atoms with van der Waals surface area (Å²) in [4.78, 5) is 14.1. The molecule has 2 heterocycles. The van der Waals surface area contributed by atoms with Gasteiger partial charge < -0.3 is 5.32 Å². The molecule has 1 saturated heterocycles. The molecular weight excluding hydrogens is 546 g/mol. The summed E-state index contributed by atoms with van der Waals surface area (Å²) >= 11 is 0. The highest BCUT2D eigenvalue weighted by Gasteiger charge is 2.41. The van der Waals surface area contributed by atoms with Crippen molar-refractivity contribution in [3.63, 3.8) is 0 Å². The molecule has 10 heteroatoms. The highest BCUT2D eigenvalue weighted by atomic mass is 32.2. The zero-order valence-corrected chi connectivity index (χ0v) is 24.9. The molecule has 0 bridgehead atoms. The van der Waals surface area contributed by atoms with E-state index < -0.39 is 32.0 Å². The summed E-state index contributed by atoms with van der Waals surface area (Å²) in [6.45, 7) is 8.49. The van der Waals surface area contributed by atoms with Gasteiger partial charge in [0.25, 0.3) is 0 Å². The first kappa shape index (κ1) is 28.5. The molecule has 2 aliphatic heterocycles. The van der Waals surface area contributed by atoms with Gasteiger partial charge in [0.1, 0.15) is 6.04 Å². The molecule has 0 spiro atoms. The van der Waals surface area contributed by atoms with Gasteiger partial charge in [0, 0.05) is 25.3 Å². The molecule has 1 atom stereocenters. The minimum atomic E-state index is -4.05. The van der Waals surface area contributed by atoms with E-state index in [0.717, 1.165) is 35.1 Å². The van der Waals surface area contributed by atoms with Crippen molar-refractivity contribution in [1.82, 2.24) is 8.61 Å². The van der Waals surface area contributed by atoms with Gasteiger partial charge in [-0.25, -0.2) is 16.8 Å². The lowest BCUT2D eigenvalue weighted by Crippen LogP contribution is -2.50. The third kappa shape index (κ3) is 5.09. The Labute approximate surface area is 237 Å². The van der Waals surface area contributed by atoms with E-state index in [1.165, 1.54) is 20.7 Å². The third-order valence-electron chi connectivity index (χ3n) is 8.20. The van der Waals surface area contributed by atoms with Crippen LogP contribution in [0.5, 0.6) is 0 Å². The van der Waals surface area contributed by atoms with Crippen LogP contribution < -0.4 is 5.32 Å². The molecule has 212 valence electrons. The van der Waals surface area contributed by atoms with E-state index in [4.69, 9.17) is 0 Å². The number of carbonyl (C=O) groups is 1. The monoisotopic (exact) mass is 581 g/mol. The number of hydrogen-bond acceptors (Lipinski definition) is 5. The van der Waals surface area contributed by atoms with Gasteiger partial charge in [-0.05, 0) is 105 Å². The lowest BCUT2D eigenvalue weighted by molar-refractivity contribution is -0.120. The summed E-state index contributed by atoms with van der Waals surface area (Å²) in [7, 11) is -7.62. The van der Waals surface area contributed by atoms with Crippen LogP contribution in [0.15, 0.2) is 64.4 Å². The quantitative estimate of drug-likeness (QED) is 0.463. The highest BCUT2D eigenvalue weighted by Crippen LogP contribution is 2.34. The number of benzene rings is 3. The fourth-order valence-electron chi connectivity index (χ4n) is 5.67. The van der Waals surface area contributed by atoms with Gasteiger partial charge in [-0.15, -0.1) is 0 Å². The van der Waals surface area contributed by atoms with Gasteiger partial charge in [0.2, 0.25) is 26.0 Å². The Hall–Kier alpha value is -3.05. The van der Waals surface area contributed by atoms with Crippen LogP contribution in [0, 0.1) is 27.7 Å². The molecule has 8 nitrogen and oxygen atoms in total. The van der Waals surface area contributed by atoms with Crippen LogP contribution in [0.1, 0.15) is 46.2 Å². The molecule has 5 rings (SSSR count). The Bertz CT molecular complexity index is 1650. The Morgan fingerprint density at radius 3 is 1.98 bits per heavy atom. The van der Waals surface area contributed by atoms with E-state index in [2.05, 4.69) is 5.32 Å². The van der Waals surface area contributed by atoms with E-state index in [-0.39, 0.29) is 22.8 Å². The number of aryl methyl sites for hydroxylation is 2. The summed E-state index contributed by atoms with van der Waals surface area (Å²) in [6, 6.07) is 14.6. The summed E-state index contributed by atoms with van der Waals surface area (Å²) in [5.74, 6) is -0.465. The van der Waals surface area contributed by atoms with Gasteiger partial charge >= 0.3 is 0 Å². The number of carbonyl (C=O) groups excluding carboxylic acids is 1. The van der Waals surface area contributed by atoms with Crippen LogP contribution in [0.25, 0.3) is 0 Å². The van der Waals surface area contributed by atoms with Crippen LogP contribution in [0.2, 0.25) is 0 Å². The van der Waals surface area contributed by atoms with Crippen molar-refractivity contribution in [1.29, 1.82) is 0 Å². The first-order valence-corrected chi connectivity index (χ1v) is 16.4. The summed E-state index contributed by atoms with van der Waals surface area (Å²) < 4.78 is 57.1. The smallest absolute Gasteiger partial charge is 0.244 e. The lowest BCUT2D eigenvalue weighted by Gasteiger charge is -2.36. The van der Waals surface area contributed by atoms with Gasteiger partial charge in [0.05, 0.1) is 9.79 Å². The van der Waals surface area contributed by atoms with Gasteiger partial charge in [-0.1, -0.05) is 30.3 Å². The van der Waals surface area contributed by atoms with E-state index in [1.807, 2.05) is 44.2 Å². The molecule has 3 aromatic carbocycles. The first-order chi connectivity index (χ1) is 18.9. The van der Waals surface area contributed by atoms with Gasteiger partial charge in [0.15, 0.2) is 0 Å². The molecule has 1 fully saturated rings. The van der Waals surface area contributed by atoms with E-state index in [0.29, 0.717) is 29.9 Å². The topological polar surface area (TPSA) is 104 Å². The molecule has 1 amide bonds. The van der Waals surface area contributed by atoms with Crippen LogP contribution in [-0.4, -0.2) is 50.5 Å². The van der Waals surface area contributed by atoms with Gasteiger partial charge in [-0.3, -0.25) is 4.79 Å². The summed E-state index contributed by atoms with van der Waals surface area (Å²) in [5.41, 5.74) is 5.31. The van der Waals surface area contributed by atoms with Crippen molar-refractivity contribution in [2.45, 2.75) is 69.3 Å². The summed E-state index contributed by atoms with van der Waals surface area (Å²) in [5, 5.41) is 2.84. The van der Waals surface area contributed by atoms with Crippen molar-refractivity contribution in [3.05, 3.63) is 88.0 Å². The SMILES string of the molecule is Cc1cc(C)c(C)c(S(=O)(=O)N2Cc3ccccc3C[C@@H]2C(=O)Nc2ccc(S(=O)(=O)N3CCCC3)cc2)c1C. The Balaban J connectivity index is 1.47. The zero-order chi connectivity index (χ0) is 28.8. The maximum atomic E-state index is 14.3. The normalized spacial score (nSPS) is 18.4. The first-order valence-electron chi connectivity index (χ1n) is 13.5. The van der Waals surface area contributed by atoms with Crippen molar-refractivity contribution in [2.75, 3.05) is 18.4 Å². The molecule has 0 unspecified atom stereocenters. The van der Waals surface area contributed by atoms with Crippen LogP contribution in [-0.2, 0) is 37.8 Å². The van der Waals surface area contributed by atoms with Crippen LogP contribution in [0.4, 0.5) is 5.69 Å². The maximum absolute atomic E-state index is 14.3. The van der Waals surface area contributed by atoms with Crippen molar-refractivity contribution in [3.8, 4) is 0 Å². The molecule has 40 heavy (non-hydrogen) atoms. The lowest BCUT2D eigenvalue weighted by atomic mass is 9.95. The second-order valence-electron chi connectivity index (χ2n) is 10.8. The Kier molecular flexibility index (Phi) is 7.64. The second-order valence-corrected chi connectivity index (χ2v) is 14.5. The second kappa shape index (κ2) is 10.7. The number of fused-ring (bicyclic) bond motifs is 1. The van der Waals surface area contributed by atoms with Crippen molar-refractivity contribution in [2.24, 2.45) is 0 Å². The number of nitrogens with zero attached hydrogens (tertiary/aromatic N) is 2. The van der Waals surface area contributed by atoms with Gasteiger partial charge in [-0.2, -0.15) is 8.61 Å². The van der Waals surface area contributed by atoms with E-state index in [1.54, 1.807) is 26.0 Å². The van der Waals surface area contributed by atoms with Crippen LogP contribution >= 0.6 is 0 Å². The van der Waals surface area contributed by atoms with Crippen molar-refractivity contribution < 1.29 is 21.6 Å². The molecular formula is C30H35N3O5S2. The fraction of sp³-hybridized carbons (Fsp3) is 0.367. The Morgan fingerprint density at radius 1 is 0.800 bits per heavy atom. The molecule has 2 aliphatic rings. The number of nitrogens with one attached hydrogen (secondary N) is 1.